The molecule has 2 aliphatic carbocycles. The van der Waals surface area contributed by atoms with E-state index < -0.39 is 36.3 Å². The highest BCUT2D eigenvalue weighted by Crippen LogP contribution is 2.53. The van der Waals surface area contributed by atoms with Gasteiger partial charge in [-0.1, -0.05) is 20.8 Å². The Morgan fingerprint density at radius 3 is 1.30 bits per heavy atom. The van der Waals surface area contributed by atoms with Gasteiger partial charge in [-0.25, -0.2) is 14.4 Å². The first-order chi connectivity index (χ1) is 19.2. The number of hydrogen-bond donors (Lipinski definition) is 0. The van der Waals surface area contributed by atoms with Crippen LogP contribution in [0.5, 0.6) is 0 Å². The standard InChI is InChI=1S/C28H42O12/c1-4-25(10-32-11-25)16-35-22(29)38-20-8-28(40-24(31)37-18-27(6-3)14-34-15-27)7-19(20)21(9-28)39-23(30)36-17-26(5-2)12-33-13-26/h19-21H,4-18H2,1-3H3. The summed E-state index contributed by atoms with van der Waals surface area (Å²) < 4.78 is 49.4. The van der Waals surface area contributed by atoms with Crippen LogP contribution >= 0.6 is 0 Å². The molecule has 2 unspecified atom stereocenters. The number of ether oxygens (including phenoxy) is 9. The molecule has 3 saturated heterocycles. The lowest BCUT2D eigenvalue weighted by atomic mass is 9.84. The Morgan fingerprint density at radius 2 is 0.975 bits per heavy atom. The average molecular weight is 571 g/mol. The maximum absolute atomic E-state index is 12.7. The summed E-state index contributed by atoms with van der Waals surface area (Å²) >= 11 is 0. The summed E-state index contributed by atoms with van der Waals surface area (Å²) in [5, 5.41) is 0. The maximum Gasteiger partial charge on any atom is 0.508 e. The number of carbonyl (C=O) groups is 3. The third kappa shape index (κ3) is 5.99. The molecule has 2 saturated carbocycles. The summed E-state index contributed by atoms with van der Waals surface area (Å²) in [5.41, 5.74) is -1.54. The third-order valence-corrected chi connectivity index (χ3v) is 9.69. The van der Waals surface area contributed by atoms with Gasteiger partial charge in [0.25, 0.3) is 0 Å². The van der Waals surface area contributed by atoms with E-state index in [1.165, 1.54) is 0 Å². The molecule has 3 aliphatic heterocycles. The molecule has 5 fully saturated rings. The van der Waals surface area contributed by atoms with Crippen LogP contribution in [-0.4, -0.2) is 95.7 Å². The first kappa shape index (κ1) is 29.2. The van der Waals surface area contributed by atoms with Crippen molar-refractivity contribution in [3.05, 3.63) is 0 Å². The second-order valence-electron chi connectivity index (χ2n) is 12.5. The first-order valence-corrected chi connectivity index (χ1v) is 14.4. The Hall–Kier alpha value is -2.31. The molecule has 0 aromatic rings. The van der Waals surface area contributed by atoms with Gasteiger partial charge in [-0.2, -0.15) is 0 Å². The molecule has 0 radical (unpaired) electrons. The molecule has 0 N–H and O–H groups in total. The molecule has 2 atom stereocenters. The quantitative estimate of drug-likeness (QED) is 0.248. The fraction of sp³-hybridized carbons (Fsp3) is 0.893. The highest BCUT2D eigenvalue weighted by atomic mass is 16.8. The molecule has 0 spiro atoms. The summed E-state index contributed by atoms with van der Waals surface area (Å²) in [5.74, 6) is -0.380. The van der Waals surface area contributed by atoms with Crippen LogP contribution in [0.1, 0.15) is 59.3 Å². The van der Waals surface area contributed by atoms with Crippen molar-refractivity contribution in [2.75, 3.05) is 59.5 Å². The minimum atomic E-state index is -0.994. The predicted molar refractivity (Wildman–Crippen MR) is 136 cm³/mol. The van der Waals surface area contributed by atoms with E-state index in [9.17, 15) is 14.4 Å². The lowest BCUT2D eigenvalue weighted by molar-refractivity contribution is -0.153. The molecule has 5 aliphatic rings. The summed E-state index contributed by atoms with van der Waals surface area (Å²) in [7, 11) is 0. The topological polar surface area (TPSA) is 134 Å². The van der Waals surface area contributed by atoms with Gasteiger partial charge in [-0.05, 0) is 25.7 Å². The van der Waals surface area contributed by atoms with Crippen molar-refractivity contribution in [2.45, 2.75) is 77.1 Å². The van der Waals surface area contributed by atoms with E-state index >= 15 is 0 Å². The van der Waals surface area contributed by atoms with E-state index in [0.717, 1.165) is 19.3 Å². The van der Waals surface area contributed by atoms with Gasteiger partial charge in [-0.15, -0.1) is 0 Å². The normalized spacial score (nSPS) is 32.0. The lowest BCUT2D eigenvalue weighted by Gasteiger charge is -2.40. The Kier molecular flexibility index (Phi) is 8.41. The van der Waals surface area contributed by atoms with E-state index in [-0.39, 0.29) is 54.8 Å². The molecule has 2 bridgehead atoms. The van der Waals surface area contributed by atoms with Crippen molar-refractivity contribution in [1.82, 2.24) is 0 Å². The summed E-state index contributed by atoms with van der Waals surface area (Å²) in [6, 6.07) is 0. The van der Waals surface area contributed by atoms with Crippen LogP contribution in [0.25, 0.3) is 0 Å². The molecule has 0 amide bonds. The number of rotatable bonds is 12. The molecule has 3 heterocycles. The molecule has 12 nitrogen and oxygen atoms in total. The Labute approximate surface area is 234 Å². The SMILES string of the molecule is CCC1(COC(=O)OC2CC3(OC(=O)OCC4(CC)COC4)CC(OC(=O)OCC4(CC)COC4)C2C3)COC1. The number of hydrogen-bond acceptors (Lipinski definition) is 12. The highest BCUT2D eigenvalue weighted by Gasteiger charge is 2.62. The fourth-order valence-corrected chi connectivity index (χ4v) is 6.10. The van der Waals surface area contributed by atoms with Gasteiger partial charge in [-0.3, -0.25) is 0 Å². The van der Waals surface area contributed by atoms with Crippen LogP contribution in [0.15, 0.2) is 0 Å². The molecule has 226 valence electrons. The molecule has 0 aromatic carbocycles. The fourth-order valence-electron chi connectivity index (χ4n) is 6.10. The van der Waals surface area contributed by atoms with E-state index in [1.54, 1.807) is 0 Å². The van der Waals surface area contributed by atoms with Gasteiger partial charge >= 0.3 is 18.5 Å². The molecular weight excluding hydrogens is 528 g/mol. The molecule has 12 heteroatoms. The van der Waals surface area contributed by atoms with E-state index in [1.807, 2.05) is 20.8 Å². The summed E-state index contributed by atoms with van der Waals surface area (Å²) in [6.07, 6.45) is -0.386. The minimum absolute atomic E-state index is 0.181. The number of fused-ring (bicyclic) bond motifs is 2. The van der Waals surface area contributed by atoms with Crippen LogP contribution < -0.4 is 0 Å². The third-order valence-electron chi connectivity index (χ3n) is 9.69. The molecular formula is C28H42O12. The average Bonchev–Trinajstić information content (AvgIpc) is 3.37. The zero-order valence-corrected chi connectivity index (χ0v) is 23.7. The minimum Gasteiger partial charge on any atom is -0.434 e. The van der Waals surface area contributed by atoms with E-state index in [4.69, 9.17) is 42.6 Å². The predicted octanol–water partition coefficient (Wildman–Crippen LogP) is 4.02. The van der Waals surface area contributed by atoms with Gasteiger partial charge in [0.2, 0.25) is 0 Å². The van der Waals surface area contributed by atoms with Crippen LogP contribution in [0.2, 0.25) is 0 Å². The smallest absolute Gasteiger partial charge is 0.434 e. The monoisotopic (exact) mass is 570 g/mol. The van der Waals surface area contributed by atoms with Crippen LogP contribution in [0.4, 0.5) is 14.4 Å². The highest BCUT2D eigenvalue weighted by molar-refractivity contribution is 5.62. The zero-order chi connectivity index (χ0) is 28.4. The van der Waals surface area contributed by atoms with Crippen molar-refractivity contribution in [3.63, 3.8) is 0 Å². The van der Waals surface area contributed by atoms with Gasteiger partial charge < -0.3 is 42.6 Å². The van der Waals surface area contributed by atoms with Crippen LogP contribution in [0.3, 0.4) is 0 Å². The molecule has 0 aromatic heterocycles. The number of carbonyl (C=O) groups excluding carboxylic acids is 3. The molecule has 5 rings (SSSR count). The van der Waals surface area contributed by atoms with Gasteiger partial charge in [0.05, 0.1) is 55.9 Å². The summed E-state index contributed by atoms with van der Waals surface area (Å²) in [6.45, 7) is 9.90. The van der Waals surface area contributed by atoms with Crippen LogP contribution in [-0.2, 0) is 42.6 Å². The molecule has 40 heavy (non-hydrogen) atoms. The Bertz CT molecular complexity index is 871. The Balaban J connectivity index is 1.18. The second-order valence-corrected chi connectivity index (χ2v) is 12.5. The Morgan fingerprint density at radius 1 is 0.600 bits per heavy atom. The van der Waals surface area contributed by atoms with E-state index in [0.29, 0.717) is 46.1 Å². The zero-order valence-electron chi connectivity index (χ0n) is 23.7. The van der Waals surface area contributed by atoms with Gasteiger partial charge in [0.15, 0.2) is 0 Å². The van der Waals surface area contributed by atoms with Gasteiger partial charge in [0.1, 0.15) is 37.6 Å². The van der Waals surface area contributed by atoms with Crippen molar-refractivity contribution in [1.29, 1.82) is 0 Å². The summed E-state index contributed by atoms with van der Waals surface area (Å²) in [4.78, 5) is 38.0. The van der Waals surface area contributed by atoms with Crippen LogP contribution in [0, 0.1) is 22.2 Å². The first-order valence-electron chi connectivity index (χ1n) is 14.4. The van der Waals surface area contributed by atoms with Crippen molar-refractivity contribution in [3.8, 4) is 0 Å². The van der Waals surface area contributed by atoms with E-state index in [2.05, 4.69) is 0 Å². The van der Waals surface area contributed by atoms with Crippen molar-refractivity contribution in [2.24, 2.45) is 22.2 Å². The van der Waals surface area contributed by atoms with Crippen molar-refractivity contribution < 1.29 is 57.0 Å². The van der Waals surface area contributed by atoms with Gasteiger partial charge in [0, 0.05) is 18.8 Å². The largest absolute Gasteiger partial charge is 0.508 e. The lowest BCUT2D eigenvalue weighted by Crippen LogP contribution is -2.47. The van der Waals surface area contributed by atoms with Crippen molar-refractivity contribution >= 4 is 18.5 Å². The second kappa shape index (κ2) is 11.5. The maximum atomic E-state index is 12.7.